The number of benzene rings is 3. The molecule has 0 aliphatic heterocycles. The molecule has 0 saturated heterocycles. The second kappa shape index (κ2) is 9.98. The third-order valence-electron chi connectivity index (χ3n) is 3.96. The molecule has 0 heterocycles. The Hall–Kier alpha value is -2.75. The minimum atomic E-state index is -0.391. The Kier molecular flexibility index (Phi) is 7.12. The summed E-state index contributed by atoms with van der Waals surface area (Å²) in [5, 5.41) is 1.14. The molecular weight excluding hydrogens is 395 g/mol. The quantitative estimate of drug-likeness (QED) is 0.336. The van der Waals surface area contributed by atoms with Crippen molar-refractivity contribution in [1.82, 2.24) is 0 Å². The highest BCUT2D eigenvalue weighted by Gasteiger charge is 2.06. The van der Waals surface area contributed by atoms with E-state index in [1.54, 1.807) is 24.3 Å². The van der Waals surface area contributed by atoms with Crippen LogP contribution < -0.4 is 4.74 Å². The van der Waals surface area contributed by atoms with Gasteiger partial charge in [0.05, 0.1) is 0 Å². The Bertz CT molecular complexity index is 931. The van der Waals surface area contributed by atoms with Crippen molar-refractivity contribution < 1.29 is 14.3 Å². The highest BCUT2D eigenvalue weighted by molar-refractivity contribution is 6.35. The standard InChI is InChI=1S/C23H18Cl2O3/c24-21-7-4-8-22(25)20(21)16-27-19-12-9-17(10-13-19)11-14-23(26)28-15-18-5-2-1-3-6-18/h1-14H,15-16H2. The first-order valence-corrected chi connectivity index (χ1v) is 9.42. The number of carbonyl (C=O) groups is 1. The van der Waals surface area contributed by atoms with Crippen LogP contribution in [0.3, 0.4) is 0 Å². The lowest BCUT2D eigenvalue weighted by atomic mass is 10.2. The topological polar surface area (TPSA) is 35.5 Å². The molecule has 3 aromatic carbocycles. The van der Waals surface area contributed by atoms with E-state index in [9.17, 15) is 4.79 Å². The monoisotopic (exact) mass is 412 g/mol. The number of hydrogen-bond donors (Lipinski definition) is 0. The molecule has 0 spiro atoms. The van der Waals surface area contributed by atoms with Crippen LogP contribution in [0, 0.1) is 0 Å². The van der Waals surface area contributed by atoms with Crippen LogP contribution in [0.5, 0.6) is 5.75 Å². The highest BCUT2D eigenvalue weighted by Crippen LogP contribution is 2.26. The average molecular weight is 413 g/mol. The zero-order chi connectivity index (χ0) is 19.8. The van der Waals surface area contributed by atoms with E-state index >= 15 is 0 Å². The summed E-state index contributed by atoms with van der Waals surface area (Å²) in [4.78, 5) is 11.8. The molecule has 3 rings (SSSR count). The van der Waals surface area contributed by atoms with Crippen molar-refractivity contribution in [3.63, 3.8) is 0 Å². The number of rotatable bonds is 7. The Morgan fingerprint density at radius 2 is 1.50 bits per heavy atom. The number of carbonyl (C=O) groups excluding carboxylic acids is 1. The molecule has 0 fully saturated rings. The van der Waals surface area contributed by atoms with Crippen LogP contribution in [0.25, 0.3) is 6.08 Å². The predicted molar refractivity (Wildman–Crippen MR) is 113 cm³/mol. The summed E-state index contributed by atoms with van der Waals surface area (Å²) in [5.74, 6) is 0.289. The van der Waals surface area contributed by atoms with Crippen LogP contribution in [0.15, 0.2) is 78.9 Å². The van der Waals surface area contributed by atoms with E-state index < -0.39 is 5.97 Å². The van der Waals surface area contributed by atoms with Gasteiger partial charge in [0.15, 0.2) is 0 Å². The van der Waals surface area contributed by atoms with Crippen LogP contribution in [-0.2, 0) is 22.7 Å². The van der Waals surface area contributed by atoms with E-state index in [1.165, 1.54) is 6.08 Å². The highest BCUT2D eigenvalue weighted by atomic mass is 35.5. The minimum absolute atomic E-state index is 0.251. The maximum Gasteiger partial charge on any atom is 0.331 e. The summed E-state index contributed by atoms with van der Waals surface area (Å²) in [6.45, 7) is 0.529. The third kappa shape index (κ3) is 5.88. The zero-order valence-corrected chi connectivity index (χ0v) is 16.5. The summed E-state index contributed by atoms with van der Waals surface area (Å²) in [7, 11) is 0. The van der Waals surface area contributed by atoms with Crippen molar-refractivity contribution in [3.8, 4) is 5.75 Å². The largest absolute Gasteiger partial charge is 0.489 e. The van der Waals surface area contributed by atoms with Gasteiger partial charge < -0.3 is 9.47 Å². The predicted octanol–water partition coefficient (Wildman–Crippen LogP) is 6.33. The Morgan fingerprint density at radius 3 is 2.18 bits per heavy atom. The fourth-order valence-corrected chi connectivity index (χ4v) is 2.95. The SMILES string of the molecule is O=C(C=Cc1ccc(OCc2c(Cl)cccc2Cl)cc1)OCc1ccccc1. The summed E-state index contributed by atoms with van der Waals surface area (Å²) in [6, 6.07) is 22.2. The molecule has 3 nitrogen and oxygen atoms in total. The van der Waals surface area contributed by atoms with E-state index in [-0.39, 0.29) is 13.2 Å². The molecule has 0 atom stereocenters. The minimum Gasteiger partial charge on any atom is -0.489 e. The molecular formula is C23H18Cl2O3. The van der Waals surface area contributed by atoms with Gasteiger partial charge in [0.25, 0.3) is 0 Å². The normalized spacial score (nSPS) is 10.8. The maximum atomic E-state index is 11.8. The fourth-order valence-electron chi connectivity index (χ4n) is 2.44. The molecule has 0 bridgehead atoms. The Morgan fingerprint density at radius 1 is 0.821 bits per heavy atom. The third-order valence-corrected chi connectivity index (χ3v) is 4.67. The molecule has 0 amide bonds. The fraction of sp³-hybridized carbons (Fsp3) is 0.0870. The average Bonchev–Trinajstić information content (AvgIpc) is 2.72. The van der Waals surface area contributed by atoms with Gasteiger partial charge in [-0.3, -0.25) is 0 Å². The second-order valence-electron chi connectivity index (χ2n) is 5.98. The van der Waals surface area contributed by atoms with Gasteiger partial charge in [-0.15, -0.1) is 0 Å². The van der Waals surface area contributed by atoms with Gasteiger partial charge in [0, 0.05) is 21.7 Å². The lowest BCUT2D eigenvalue weighted by molar-refractivity contribution is -0.138. The summed E-state index contributed by atoms with van der Waals surface area (Å²) in [5.41, 5.74) is 2.56. The Balaban J connectivity index is 1.51. The number of ether oxygens (including phenoxy) is 2. The van der Waals surface area contributed by atoms with Gasteiger partial charge in [-0.25, -0.2) is 4.79 Å². The van der Waals surface area contributed by atoms with Gasteiger partial charge in [-0.1, -0.05) is 71.7 Å². The molecule has 0 N–H and O–H groups in total. The number of hydrogen-bond acceptors (Lipinski definition) is 3. The molecule has 142 valence electrons. The Labute approximate surface area is 174 Å². The maximum absolute atomic E-state index is 11.8. The second-order valence-corrected chi connectivity index (χ2v) is 6.80. The molecule has 0 saturated carbocycles. The van der Waals surface area contributed by atoms with E-state index in [2.05, 4.69) is 0 Å². The zero-order valence-electron chi connectivity index (χ0n) is 15.0. The van der Waals surface area contributed by atoms with Gasteiger partial charge in [-0.05, 0) is 41.5 Å². The van der Waals surface area contributed by atoms with Crippen molar-refractivity contribution in [2.24, 2.45) is 0 Å². The smallest absolute Gasteiger partial charge is 0.331 e. The first-order chi connectivity index (χ1) is 13.6. The molecule has 3 aromatic rings. The van der Waals surface area contributed by atoms with Gasteiger partial charge in [0.1, 0.15) is 19.0 Å². The van der Waals surface area contributed by atoms with Crippen molar-refractivity contribution in [2.45, 2.75) is 13.2 Å². The van der Waals surface area contributed by atoms with Crippen LogP contribution >= 0.6 is 23.2 Å². The lowest BCUT2D eigenvalue weighted by Gasteiger charge is -2.09. The van der Waals surface area contributed by atoms with Crippen LogP contribution in [0.1, 0.15) is 16.7 Å². The van der Waals surface area contributed by atoms with E-state index in [1.807, 2.05) is 54.6 Å². The molecule has 28 heavy (non-hydrogen) atoms. The van der Waals surface area contributed by atoms with E-state index in [4.69, 9.17) is 32.7 Å². The van der Waals surface area contributed by atoms with Crippen molar-refractivity contribution in [3.05, 3.63) is 106 Å². The molecule has 0 radical (unpaired) electrons. The lowest BCUT2D eigenvalue weighted by Crippen LogP contribution is -2.00. The van der Waals surface area contributed by atoms with Crippen LogP contribution in [0.4, 0.5) is 0 Å². The first-order valence-electron chi connectivity index (χ1n) is 8.66. The number of esters is 1. The molecule has 0 aliphatic rings. The first kappa shape index (κ1) is 20.0. The molecule has 5 heteroatoms. The summed E-state index contributed by atoms with van der Waals surface area (Å²) in [6.07, 6.45) is 3.10. The van der Waals surface area contributed by atoms with Gasteiger partial charge in [0.2, 0.25) is 0 Å². The summed E-state index contributed by atoms with van der Waals surface area (Å²) < 4.78 is 10.9. The van der Waals surface area contributed by atoms with Crippen molar-refractivity contribution in [2.75, 3.05) is 0 Å². The van der Waals surface area contributed by atoms with Crippen molar-refractivity contribution in [1.29, 1.82) is 0 Å². The van der Waals surface area contributed by atoms with Gasteiger partial charge >= 0.3 is 5.97 Å². The van der Waals surface area contributed by atoms with Gasteiger partial charge in [-0.2, -0.15) is 0 Å². The van der Waals surface area contributed by atoms with Crippen LogP contribution in [0.2, 0.25) is 10.0 Å². The number of halogens is 2. The molecule has 0 unspecified atom stereocenters. The summed E-state index contributed by atoms with van der Waals surface area (Å²) >= 11 is 12.3. The molecule has 0 aliphatic carbocycles. The molecule has 0 aromatic heterocycles. The van der Waals surface area contributed by atoms with Crippen LogP contribution in [-0.4, -0.2) is 5.97 Å². The van der Waals surface area contributed by atoms with E-state index in [0.29, 0.717) is 15.8 Å². The van der Waals surface area contributed by atoms with E-state index in [0.717, 1.165) is 16.7 Å². The van der Waals surface area contributed by atoms with Crippen molar-refractivity contribution >= 4 is 35.2 Å².